The molecule has 1 saturated carbocycles. The molecule has 0 radical (unpaired) electrons. The molecular formula is C13H11BrClN3O. The second-order valence-corrected chi connectivity index (χ2v) is 5.81. The molecule has 19 heavy (non-hydrogen) atoms. The SMILES string of the molecule is O=C(Nc1ccc(Cl)nc1)c1cc(Br)cn1C1CC1. The largest absolute Gasteiger partial charge is 0.339 e. The molecule has 6 heteroatoms. The summed E-state index contributed by atoms with van der Waals surface area (Å²) in [5.41, 5.74) is 1.29. The summed E-state index contributed by atoms with van der Waals surface area (Å²) in [5.74, 6) is -0.137. The fourth-order valence-corrected chi connectivity index (χ4v) is 2.48. The highest BCUT2D eigenvalue weighted by molar-refractivity contribution is 9.10. The average molecular weight is 341 g/mol. The van der Waals surface area contributed by atoms with Gasteiger partial charge in [-0.15, -0.1) is 0 Å². The fourth-order valence-electron chi connectivity index (χ4n) is 1.93. The van der Waals surface area contributed by atoms with E-state index in [1.165, 1.54) is 0 Å². The van der Waals surface area contributed by atoms with Crippen LogP contribution in [0.4, 0.5) is 5.69 Å². The summed E-state index contributed by atoms with van der Waals surface area (Å²) in [7, 11) is 0. The van der Waals surface area contributed by atoms with E-state index in [-0.39, 0.29) is 5.91 Å². The first kappa shape index (κ1) is 12.7. The van der Waals surface area contributed by atoms with Gasteiger partial charge in [0.2, 0.25) is 0 Å². The molecular weight excluding hydrogens is 330 g/mol. The summed E-state index contributed by atoms with van der Waals surface area (Å²) in [6.07, 6.45) is 5.75. The van der Waals surface area contributed by atoms with Crippen LogP contribution in [-0.4, -0.2) is 15.5 Å². The first-order chi connectivity index (χ1) is 9.13. The van der Waals surface area contributed by atoms with Crippen LogP contribution in [0.15, 0.2) is 35.1 Å². The van der Waals surface area contributed by atoms with E-state index in [9.17, 15) is 4.79 Å². The van der Waals surface area contributed by atoms with Crippen LogP contribution in [0, 0.1) is 0 Å². The van der Waals surface area contributed by atoms with Crippen molar-refractivity contribution >= 4 is 39.1 Å². The van der Waals surface area contributed by atoms with Crippen LogP contribution in [0.1, 0.15) is 29.4 Å². The molecule has 1 amide bonds. The average Bonchev–Trinajstić information content (AvgIpc) is 3.15. The van der Waals surface area contributed by atoms with Gasteiger partial charge in [0, 0.05) is 16.7 Å². The normalized spacial score (nSPS) is 14.4. The summed E-state index contributed by atoms with van der Waals surface area (Å²) in [4.78, 5) is 16.2. The van der Waals surface area contributed by atoms with Crippen LogP contribution in [-0.2, 0) is 0 Å². The van der Waals surface area contributed by atoms with Crippen LogP contribution in [0.25, 0.3) is 0 Å². The molecule has 0 saturated heterocycles. The minimum atomic E-state index is -0.137. The van der Waals surface area contributed by atoms with Crippen LogP contribution < -0.4 is 5.32 Å². The third-order valence-corrected chi connectivity index (χ3v) is 3.63. The number of carbonyl (C=O) groups excluding carboxylic acids is 1. The van der Waals surface area contributed by atoms with Crippen molar-refractivity contribution < 1.29 is 4.79 Å². The number of halogens is 2. The van der Waals surface area contributed by atoms with Gasteiger partial charge in [0.25, 0.3) is 5.91 Å². The molecule has 0 aliphatic heterocycles. The number of anilines is 1. The lowest BCUT2D eigenvalue weighted by Crippen LogP contribution is -2.16. The van der Waals surface area contributed by atoms with Crippen molar-refractivity contribution in [2.45, 2.75) is 18.9 Å². The number of hydrogen-bond acceptors (Lipinski definition) is 2. The molecule has 0 aromatic carbocycles. The summed E-state index contributed by atoms with van der Waals surface area (Å²) in [6.45, 7) is 0. The first-order valence-corrected chi connectivity index (χ1v) is 7.11. The lowest BCUT2D eigenvalue weighted by Gasteiger charge is -2.08. The second kappa shape index (κ2) is 4.98. The van der Waals surface area contributed by atoms with Crippen LogP contribution >= 0.6 is 27.5 Å². The van der Waals surface area contributed by atoms with Crippen molar-refractivity contribution in [1.29, 1.82) is 0 Å². The van der Waals surface area contributed by atoms with E-state index in [1.807, 2.05) is 16.8 Å². The van der Waals surface area contributed by atoms with Crippen molar-refractivity contribution in [3.8, 4) is 0 Å². The van der Waals surface area contributed by atoms with Gasteiger partial charge in [-0.25, -0.2) is 4.98 Å². The molecule has 1 fully saturated rings. The number of nitrogens with one attached hydrogen (secondary N) is 1. The number of amides is 1. The zero-order chi connectivity index (χ0) is 13.4. The Bertz CT molecular complexity index is 619. The molecule has 2 aromatic rings. The topological polar surface area (TPSA) is 46.9 Å². The molecule has 2 heterocycles. The maximum Gasteiger partial charge on any atom is 0.272 e. The predicted octanol–water partition coefficient (Wildman–Crippen LogP) is 3.89. The highest BCUT2D eigenvalue weighted by atomic mass is 79.9. The summed E-state index contributed by atoms with van der Waals surface area (Å²) in [5, 5.41) is 3.22. The van der Waals surface area contributed by atoms with Gasteiger partial charge in [-0.05, 0) is 47.0 Å². The number of aromatic nitrogens is 2. The van der Waals surface area contributed by atoms with Crippen molar-refractivity contribution in [1.82, 2.24) is 9.55 Å². The Morgan fingerprint density at radius 3 is 2.89 bits per heavy atom. The third kappa shape index (κ3) is 2.82. The Morgan fingerprint density at radius 1 is 1.47 bits per heavy atom. The predicted molar refractivity (Wildman–Crippen MR) is 77.6 cm³/mol. The van der Waals surface area contributed by atoms with Gasteiger partial charge in [0.1, 0.15) is 10.8 Å². The molecule has 1 N–H and O–H groups in total. The van der Waals surface area contributed by atoms with Crippen molar-refractivity contribution in [3.63, 3.8) is 0 Å². The maximum atomic E-state index is 12.3. The van der Waals surface area contributed by atoms with Gasteiger partial charge in [-0.2, -0.15) is 0 Å². The number of rotatable bonds is 3. The number of hydrogen-bond donors (Lipinski definition) is 1. The monoisotopic (exact) mass is 339 g/mol. The van der Waals surface area contributed by atoms with E-state index < -0.39 is 0 Å². The summed E-state index contributed by atoms with van der Waals surface area (Å²) >= 11 is 9.12. The maximum absolute atomic E-state index is 12.3. The van der Waals surface area contributed by atoms with Gasteiger partial charge in [0.15, 0.2) is 0 Å². The van der Waals surface area contributed by atoms with Crippen LogP contribution in [0.5, 0.6) is 0 Å². The lowest BCUT2D eigenvalue weighted by molar-refractivity contribution is 0.101. The molecule has 1 aliphatic carbocycles. The Balaban J connectivity index is 1.82. The van der Waals surface area contributed by atoms with Crippen molar-refractivity contribution in [2.24, 2.45) is 0 Å². The highest BCUT2D eigenvalue weighted by Gasteiger charge is 2.27. The number of carbonyl (C=O) groups is 1. The van der Waals surface area contributed by atoms with Gasteiger partial charge in [-0.3, -0.25) is 4.79 Å². The molecule has 0 bridgehead atoms. The smallest absolute Gasteiger partial charge is 0.272 e. The number of pyridine rings is 1. The number of nitrogens with zero attached hydrogens (tertiary/aromatic N) is 2. The highest BCUT2D eigenvalue weighted by Crippen LogP contribution is 2.37. The first-order valence-electron chi connectivity index (χ1n) is 5.94. The Hall–Kier alpha value is -1.33. The van der Waals surface area contributed by atoms with Crippen LogP contribution in [0.3, 0.4) is 0 Å². The van der Waals surface area contributed by atoms with Gasteiger partial charge in [-0.1, -0.05) is 11.6 Å². The molecule has 4 nitrogen and oxygen atoms in total. The van der Waals surface area contributed by atoms with Gasteiger partial charge < -0.3 is 9.88 Å². The molecule has 3 rings (SSSR count). The zero-order valence-corrected chi connectivity index (χ0v) is 12.3. The molecule has 1 aliphatic rings. The van der Waals surface area contributed by atoms with E-state index in [0.29, 0.717) is 22.6 Å². The van der Waals surface area contributed by atoms with Gasteiger partial charge >= 0.3 is 0 Å². The van der Waals surface area contributed by atoms with Gasteiger partial charge in [0.05, 0.1) is 11.9 Å². The van der Waals surface area contributed by atoms with E-state index in [4.69, 9.17) is 11.6 Å². The minimum absolute atomic E-state index is 0.137. The van der Waals surface area contributed by atoms with Crippen molar-refractivity contribution in [3.05, 3.63) is 45.9 Å². The summed E-state index contributed by atoms with van der Waals surface area (Å²) < 4.78 is 2.93. The fraction of sp³-hybridized carbons (Fsp3) is 0.231. The standard InChI is InChI=1S/C13H11BrClN3O/c14-8-5-11(18(7-8)10-2-3-10)13(19)17-9-1-4-12(15)16-6-9/h1,4-7,10H,2-3H2,(H,17,19). The zero-order valence-electron chi connectivity index (χ0n) is 9.94. The van der Waals surface area contributed by atoms with E-state index in [0.717, 1.165) is 17.3 Å². The molecule has 2 aromatic heterocycles. The summed E-state index contributed by atoms with van der Waals surface area (Å²) in [6, 6.07) is 5.66. The lowest BCUT2D eigenvalue weighted by atomic mass is 10.3. The Morgan fingerprint density at radius 2 is 2.26 bits per heavy atom. The van der Waals surface area contributed by atoms with E-state index in [1.54, 1.807) is 18.3 Å². The Kier molecular flexibility index (Phi) is 3.33. The Labute approximate surface area is 123 Å². The van der Waals surface area contributed by atoms with E-state index >= 15 is 0 Å². The van der Waals surface area contributed by atoms with E-state index in [2.05, 4.69) is 26.2 Å². The second-order valence-electron chi connectivity index (χ2n) is 4.51. The van der Waals surface area contributed by atoms with Crippen LogP contribution in [0.2, 0.25) is 5.15 Å². The molecule has 98 valence electrons. The third-order valence-electron chi connectivity index (χ3n) is 2.97. The molecule has 0 unspecified atom stereocenters. The molecule has 0 atom stereocenters. The molecule has 0 spiro atoms. The van der Waals surface area contributed by atoms with Crippen molar-refractivity contribution in [2.75, 3.05) is 5.32 Å². The minimum Gasteiger partial charge on any atom is -0.339 e. The quantitative estimate of drug-likeness (QED) is 0.862.